The van der Waals surface area contributed by atoms with Crippen molar-refractivity contribution in [1.82, 2.24) is 0 Å². The quantitative estimate of drug-likeness (QED) is 0.471. The molecule has 0 spiro atoms. The smallest absolute Gasteiger partial charge is 0.0625 e. The molecule has 0 aliphatic carbocycles. The summed E-state index contributed by atoms with van der Waals surface area (Å²) >= 11 is 3.94. The molecule has 0 aliphatic rings. The van der Waals surface area contributed by atoms with Crippen molar-refractivity contribution in [3.8, 4) is 0 Å². The minimum atomic E-state index is -0.284. The molecule has 0 fully saturated rings. The minimum Gasteiger partial charge on any atom is -0.392 e. The lowest BCUT2D eigenvalue weighted by molar-refractivity contribution is 0.197. The number of thiol groups is 1. The van der Waals surface area contributed by atoms with Crippen molar-refractivity contribution in [1.29, 1.82) is 0 Å². The summed E-state index contributed by atoms with van der Waals surface area (Å²) in [5.41, 5.74) is 0. The molecule has 1 N–H and O–H groups in total. The van der Waals surface area contributed by atoms with Gasteiger partial charge in [-0.15, -0.1) is 0 Å². The Balaban J connectivity index is 2.99. The Hall–Kier alpha value is 0.310. The monoisotopic (exact) mass is 106 g/mol. The maximum absolute atomic E-state index is 8.55. The topological polar surface area (TPSA) is 20.2 Å². The summed E-state index contributed by atoms with van der Waals surface area (Å²) in [4.78, 5) is 0. The van der Waals surface area contributed by atoms with Gasteiger partial charge < -0.3 is 5.11 Å². The van der Waals surface area contributed by atoms with Gasteiger partial charge in [0.15, 0.2) is 0 Å². The van der Waals surface area contributed by atoms with E-state index in [0.29, 0.717) is 0 Å². The fourth-order valence-electron chi connectivity index (χ4n) is 0. The zero-order chi connectivity index (χ0) is 5.15. The Morgan fingerprint density at radius 3 is 1.67 bits per heavy atom. The number of aliphatic hydroxyl groups is 1. The molecule has 2 heteroatoms. The molecule has 0 aromatic rings. The normalized spacial score (nSPS) is 20.0. The second-order valence-electron chi connectivity index (χ2n) is 1.48. The van der Waals surface area contributed by atoms with Gasteiger partial charge in [-0.25, -0.2) is 0 Å². The average Bonchev–Trinajstić information content (AvgIpc) is 1.36. The van der Waals surface area contributed by atoms with Crippen molar-refractivity contribution < 1.29 is 5.11 Å². The molecule has 0 amide bonds. The van der Waals surface area contributed by atoms with Crippen LogP contribution in [0.1, 0.15) is 13.8 Å². The van der Waals surface area contributed by atoms with Crippen LogP contribution in [-0.4, -0.2) is 16.5 Å². The first-order valence-electron chi connectivity index (χ1n) is 2.00. The first-order valence-corrected chi connectivity index (χ1v) is 2.52. The van der Waals surface area contributed by atoms with Crippen LogP contribution >= 0.6 is 12.6 Å². The number of aliphatic hydroxyl groups excluding tert-OH is 1. The molecular weight excluding hydrogens is 96.1 g/mol. The highest BCUT2D eigenvalue weighted by atomic mass is 32.1. The van der Waals surface area contributed by atoms with Crippen molar-refractivity contribution in [2.75, 3.05) is 0 Å². The van der Waals surface area contributed by atoms with E-state index in [1.165, 1.54) is 0 Å². The highest BCUT2D eigenvalue weighted by Crippen LogP contribution is 1.96. The third kappa shape index (κ3) is 2.54. The average molecular weight is 106 g/mol. The van der Waals surface area contributed by atoms with Crippen LogP contribution in [0.25, 0.3) is 0 Å². The fraction of sp³-hybridized carbons (Fsp3) is 1.00. The van der Waals surface area contributed by atoms with Gasteiger partial charge in [0.05, 0.1) is 6.10 Å². The summed E-state index contributed by atoms with van der Waals surface area (Å²) in [5.74, 6) is 0. The van der Waals surface area contributed by atoms with E-state index in [1.54, 1.807) is 6.92 Å². The van der Waals surface area contributed by atoms with Gasteiger partial charge in [-0.05, 0) is 6.92 Å². The largest absolute Gasteiger partial charge is 0.392 e. The second-order valence-corrected chi connectivity index (χ2v) is 2.30. The standard InChI is InChI=1S/C4H10OS/c1-3(5)4(2)6/h3-6H,1-2H3/t3-,4+/m1/s1. The van der Waals surface area contributed by atoms with E-state index in [9.17, 15) is 0 Å². The van der Waals surface area contributed by atoms with E-state index < -0.39 is 0 Å². The Labute approximate surface area is 43.8 Å². The molecule has 0 heterocycles. The van der Waals surface area contributed by atoms with E-state index in [-0.39, 0.29) is 11.4 Å². The van der Waals surface area contributed by atoms with Gasteiger partial charge in [-0.2, -0.15) is 12.6 Å². The molecule has 0 aromatic carbocycles. The molecule has 0 saturated carbocycles. The van der Waals surface area contributed by atoms with E-state index in [0.717, 1.165) is 0 Å². The van der Waals surface area contributed by atoms with Crippen LogP contribution in [-0.2, 0) is 0 Å². The fourth-order valence-corrected chi connectivity index (χ4v) is 0. The first-order chi connectivity index (χ1) is 2.64. The summed E-state index contributed by atoms with van der Waals surface area (Å²) in [6.45, 7) is 3.57. The Morgan fingerprint density at radius 2 is 1.67 bits per heavy atom. The van der Waals surface area contributed by atoms with Crippen molar-refractivity contribution in [3.63, 3.8) is 0 Å². The van der Waals surface area contributed by atoms with Crippen molar-refractivity contribution in [2.24, 2.45) is 0 Å². The first kappa shape index (κ1) is 6.31. The van der Waals surface area contributed by atoms with Crippen molar-refractivity contribution in [2.45, 2.75) is 25.2 Å². The molecule has 0 aliphatic heterocycles. The SMILES string of the molecule is C[C@H](S)[C@@H](C)O. The second kappa shape index (κ2) is 2.48. The maximum Gasteiger partial charge on any atom is 0.0625 e. The van der Waals surface area contributed by atoms with Crippen LogP contribution in [0.15, 0.2) is 0 Å². The molecule has 6 heavy (non-hydrogen) atoms. The summed E-state index contributed by atoms with van der Waals surface area (Å²) in [7, 11) is 0. The molecule has 0 aromatic heterocycles. The van der Waals surface area contributed by atoms with Crippen LogP contribution < -0.4 is 0 Å². The highest BCUT2D eigenvalue weighted by Gasteiger charge is 1.98. The third-order valence-corrected chi connectivity index (χ3v) is 1.13. The summed E-state index contributed by atoms with van der Waals surface area (Å²) in [6.07, 6.45) is -0.284. The van der Waals surface area contributed by atoms with Crippen LogP contribution in [0.4, 0.5) is 0 Å². The summed E-state index contributed by atoms with van der Waals surface area (Å²) in [5, 5.41) is 8.66. The van der Waals surface area contributed by atoms with Crippen molar-refractivity contribution >= 4 is 12.6 Å². The predicted molar refractivity (Wildman–Crippen MR) is 30.1 cm³/mol. The Kier molecular flexibility index (Phi) is 2.61. The molecule has 0 unspecified atom stereocenters. The lowest BCUT2D eigenvalue weighted by atomic mass is 10.3. The number of rotatable bonds is 1. The van der Waals surface area contributed by atoms with Gasteiger partial charge in [0.1, 0.15) is 0 Å². The summed E-state index contributed by atoms with van der Waals surface area (Å²) < 4.78 is 0. The lowest BCUT2D eigenvalue weighted by Gasteiger charge is -2.03. The zero-order valence-electron chi connectivity index (χ0n) is 4.05. The van der Waals surface area contributed by atoms with Crippen molar-refractivity contribution in [3.05, 3.63) is 0 Å². The van der Waals surface area contributed by atoms with E-state index in [4.69, 9.17) is 5.11 Å². The molecule has 1 nitrogen and oxygen atoms in total. The Morgan fingerprint density at radius 1 is 1.50 bits per heavy atom. The lowest BCUT2D eigenvalue weighted by Crippen LogP contribution is -2.11. The predicted octanol–water partition coefficient (Wildman–Crippen LogP) is 0.685. The van der Waals surface area contributed by atoms with Gasteiger partial charge in [-0.3, -0.25) is 0 Å². The van der Waals surface area contributed by atoms with E-state index >= 15 is 0 Å². The molecule has 0 radical (unpaired) electrons. The van der Waals surface area contributed by atoms with Crippen LogP contribution in [0.3, 0.4) is 0 Å². The van der Waals surface area contributed by atoms with E-state index in [2.05, 4.69) is 12.6 Å². The maximum atomic E-state index is 8.55. The van der Waals surface area contributed by atoms with Crippen LogP contribution in [0, 0.1) is 0 Å². The summed E-state index contributed by atoms with van der Waals surface area (Å²) in [6, 6.07) is 0. The molecule has 2 atom stereocenters. The molecule has 0 saturated heterocycles. The molecule has 38 valence electrons. The number of hydrogen-bond acceptors (Lipinski definition) is 2. The zero-order valence-corrected chi connectivity index (χ0v) is 4.94. The van der Waals surface area contributed by atoms with Crippen LogP contribution in [0.5, 0.6) is 0 Å². The third-order valence-electron chi connectivity index (χ3n) is 0.698. The van der Waals surface area contributed by atoms with Crippen LogP contribution in [0.2, 0.25) is 0 Å². The molecule has 0 bridgehead atoms. The molecular formula is C4H10OS. The van der Waals surface area contributed by atoms with Gasteiger partial charge in [0, 0.05) is 5.25 Å². The van der Waals surface area contributed by atoms with Gasteiger partial charge >= 0.3 is 0 Å². The highest BCUT2D eigenvalue weighted by molar-refractivity contribution is 7.81. The Bertz CT molecular complexity index is 28.5. The van der Waals surface area contributed by atoms with Gasteiger partial charge in [-0.1, -0.05) is 6.92 Å². The molecule has 0 rings (SSSR count). The van der Waals surface area contributed by atoms with E-state index in [1.807, 2.05) is 6.92 Å². The minimum absolute atomic E-state index is 0.102. The number of hydrogen-bond donors (Lipinski definition) is 2. The van der Waals surface area contributed by atoms with Gasteiger partial charge in [0.2, 0.25) is 0 Å². The van der Waals surface area contributed by atoms with Gasteiger partial charge in [0.25, 0.3) is 0 Å².